The quantitative estimate of drug-likeness (QED) is 0.892. The third-order valence-corrected chi connectivity index (χ3v) is 3.62. The Kier molecular flexibility index (Phi) is 4.02. The van der Waals surface area contributed by atoms with Crippen LogP contribution in [0.25, 0.3) is 0 Å². The van der Waals surface area contributed by atoms with E-state index in [2.05, 4.69) is 17.1 Å². The van der Waals surface area contributed by atoms with Crippen LogP contribution in [0.2, 0.25) is 0 Å². The van der Waals surface area contributed by atoms with Crippen LogP contribution in [0, 0.1) is 5.92 Å². The molecule has 5 heteroatoms. The Hall–Kier alpha value is -0.940. The van der Waals surface area contributed by atoms with Crippen molar-refractivity contribution < 1.29 is 9.26 Å². The zero-order valence-electron chi connectivity index (χ0n) is 11.5. The average Bonchev–Trinajstić information content (AvgIpc) is 2.79. The molecule has 18 heavy (non-hydrogen) atoms. The molecule has 5 nitrogen and oxygen atoms in total. The zero-order valence-corrected chi connectivity index (χ0v) is 11.5. The molecule has 1 aliphatic carbocycles. The fraction of sp³-hybridized carbons (Fsp3) is 0.846. The van der Waals surface area contributed by atoms with E-state index in [9.17, 15) is 0 Å². The fourth-order valence-electron chi connectivity index (χ4n) is 2.78. The van der Waals surface area contributed by atoms with E-state index in [4.69, 9.17) is 15.0 Å². The highest BCUT2D eigenvalue weighted by Crippen LogP contribution is 2.41. The molecule has 0 aromatic carbocycles. The lowest BCUT2D eigenvalue weighted by Gasteiger charge is -2.37. The summed E-state index contributed by atoms with van der Waals surface area (Å²) in [6.45, 7) is 6.76. The first-order chi connectivity index (χ1) is 8.57. The van der Waals surface area contributed by atoms with Gasteiger partial charge in [-0.2, -0.15) is 4.98 Å². The van der Waals surface area contributed by atoms with Gasteiger partial charge in [-0.15, -0.1) is 0 Å². The molecule has 1 saturated carbocycles. The standard InChI is InChI=1S/C13H23N3O2/c1-4-17-13(7-5-6-9(2)8-13)12-15-11(10(3)14)18-16-12/h9-10H,4-8,14H2,1-3H3/t9?,10-,13?/m1/s1. The minimum absolute atomic E-state index is 0.231. The van der Waals surface area contributed by atoms with E-state index < -0.39 is 0 Å². The minimum Gasteiger partial charge on any atom is -0.367 e. The summed E-state index contributed by atoms with van der Waals surface area (Å²) in [7, 11) is 0. The van der Waals surface area contributed by atoms with Crippen molar-refractivity contribution in [1.29, 1.82) is 0 Å². The van der Waals surface area contributed by atoms with Crippen molar-refractivity contribution in [2.45, 2.75) is 58.1 Å². The minimum atomic E-state index is -0.372. The van der Waals surface area contributed by atoms with Crippen LogP contribution < -0.4 is 5.73 Å². The van der Waals surface area contributed by atoms with Gasteiger partial charge in [0.15, 0.2) is 0 Å². The fourth-order valence-corrected chi connectivity index (χ4v) is 2.78. The van der Waals surface area contributed by atoms with E-state index in [1.165, 1.54) is 6.42 Å². The molecule has 0 bridgehead atoms. The summed E-state index contributed by atoms with van der Waals surface area (Å²) >= 11 is 0. The Bertz CT molecular complexity index is 387. The molecule has 2 unspecified atom stereocenters. The molecular formula is C13H23N3O2. The first-order valence-electron chi connectivity index (χ1n) is 6.81. The van der Waals surface area contributed by atoms with E-state index in [1.807, 2.05) is 13.8 Å². The van der Waals surface area contributed by atoms with Gasteiger partial charge in [-0.3, -0.25) is 0 Å². The summed E-state index contributed by atoms with van der Waals surface area (Å²) < 4.78 is 11.2. The van der Waals surface area contributed by atoms with Gasteiger partial charge in [0.05, 0.1) is 6.04 Å². The highest BCUT2D eigenvalue weighted by molar-refractivity contribution is 5.05. The van der Waals surface area contributed by atoms with Gasteiger partial charge in [-0.05, 0) is 39.0 Å². The van der Waals surface area contributed by atoms with E-state index in [0.29, 0.717) is 24.2 Å². The van der Waals surface area contributed by atoms with Crippen LogP contribution in [0.15, 0.2) is 4.52 Å². The molecule has 0 spiro atoms. The molecule has 1 aromatic heterocycles. The number of nitrogens with two attached hydrogens (primary N) is 1. The van der Waals surface area contributed by atoms with E-state index >= 15 is 0 Å². The predicted molar refractivity (Wildman–Crippen MR) is 67.8 cm³/mol. The van der Waals surface area contributed by atoms with Crippen LogP contribution in [0.5, 0.6) is 0 Å². The topological polar surface area (TPSA) is 74.2 Å². The molecule has 0 aliphatic heterocycles. The molecule has 1 aromatic rings. The number of hydrogen-bond acceptors (Lipinski definition) is 5. The number of aromatic nitrogens is 2. The lowest BCUT2D eigenvalue weighted by atomic mass is 9.78. The normalized spacial score (nSPS) is 30.3. The van der Waals surface area contributed by atoms with Crippen LogP contribution in [0.1, 0.15) is 64.2 Å². The average molecular weight is 253 g/mol. The number of nitrogens with zero attached hydrogens (tertiary/aromatic N) is 2. The lowest BCUT2D eigenvalue weighted by Crippen LogP contribution is -2.36. The SMILES string of the molecule is CCOC1(c2noc([C@@H](C)N)n2)CCCC(C)C1. The lowest BCUT2D eigenvalue weighted by molar-refractivity contribution is -0.0891. The van der Waals surface area contributed by atoms with Gasteiger partial charge in [0.25, 0.3) is 0 Å². The molecule has 1 aliphatic rings. The smallest absolute Gasteiger partial charge is 0.243 e. The van der Waals surface area contributed by atoms with Crippen molar-refractivity contribution in [1.82, 2.24) is 10.1 Å². The monoisotopic (exact) mass is 253 g/mol. The number of ether oxygens (including phenoxy) is 1. The van der Waals surface area contributed by atoms with Gasteiger partial charge in [0, 0.05) is 6.61 Å². The highest BCUT2D eigenvalue weighted by atomic mass is 16.5. The molecular weight excluding hydrogens is 230 g/mol. The highest BCUT2D eigenvalue weighted by Gasteiger charge is 2.41. The van der Waals surface area contributed by atoms with Gasteiger partial charge in [0.2, 0.25) is 11.7 Å². The van der Waals surface area contributed by atoms with Crippen LogP contribution in [-0.2, 0) is 10.3 Å². The Labute approximate surface area is 108 Å². The maximum atomic E-state index is 5.99. The summed E-state index contributed by atoms with van der Waals surface area (Å²) in [5, 5.41) is 4.10. The summed E-state index contributed by atoms with van der Waals surface area (Å²) in [5.74, 6) is 1.79. The molecule has 3 atom stereocenters. The van der Waals surface area contributed by atoms with Crippen molar-refractivity contribution in [2.75, 3.05) is 6.61 Å². The molecule has 2 rings (SSSR count). The maximum Gasteiger partial charge on any atom is 0.243 e. The molecule has 102 valence electrons. The third-order valence-electron chi connectivity index (χ3n) is 3.62. The second kappa shape index (κ2) is 5.36. The number of hydrogen-bond donors (Lipinski definition) is 1. The van der Waals surface area contributed by atoms with Gasteiger partial charge in [-0.1, -0.05) is 18.5 Å². The summed E-state index contributed by atoms with van der Waals surface area (Å²) in [5.41, 5.74) is 5.39. The van der Waals surface area contributed by atoms with Crippen molar-refractivity contribution in [3.05, 3.63) is 11.7 Å². The predicted octanol–water partition coefficient (Wildman–Crippen LogP) is 2.53. The Balaban J connectivity index is 2.27. The second-order valence-electron chi connectivity index (χ2n) is 5.37. The Morgan fingerprint density at radius 3 is 2.94 bits per heavy atom. The van der Waals surface area contributed by atoms with Crippen LogP contribution >= 0.6 is 0 Å². The summed E-state index contributed by atoms with van der Waals surface area (Å²) in [6.07, 6.45) is 4.30. The third kappa shape index (κ3) is 2.57. The molecule has 1 fully saturated rings. The van der Waals surface area contributed by atoms with Crippen molar-refractivity contribution in [2.24, 2.45) is 11.7 Å². The largest absolute Gasteiger partial charge is 0.367 e. The van der Waals surface area contributed by atoms with E-state index in [-0.39, 0.29) is 11.6 Å². The Morgan fingerprint density at radius 1 is 1.61 bits per heavy atom. The first-order valence-corrected chi connectivity index (χ1v) is 6.81. The molecule has 2 N–H and O–H groups in total. The zero-order chi connectivity index (χ0) is 13.2. The second-order valence-corrected chi connectivity index (χ2v) is 5.37. The maximum absolute atomic E-state index is 5.99. The van der Waals surface area contributed by atoms with E-state index in [1.54, 1.807) is 0 Å². The summed E-state index contributed by atoms with van der Waals surface area (Å²) in [6, 6.07) is -0.231. The molecule has 0 radical (unpaired) electrons. The van der Waals surface area contributed by atoms with Crippen LogP contribution in [-0.4, -0.2) is 16.7 Å². The summed E-state index contributed by atoms with van der Waals surface area (Å²) in [4.78, 5) is 4.43. The van der Waals surface area contributed by atoms with Crippen molar-refractivity contribution >= 4 is 0 Å². The molecule has 1 heterocycles. The van der Waals surface area contributed by atoms with Gasteiger partial charge in [-0.25, -0.2) is 0 Å². The first kappa shape index (κ1) is 13.5. The molecule has 0 saturated heterocycles. The van der Waals surface area contributed by atoms with Gasteiger partial charge < -0.3 is 15.0 Å². The van der Waals surface area contributed by atoms with E-state index in [0.717, 1.165) is 19.3 Å². The molecule has 0 amide bonds. The van der Waals surface area contributed by atoms with Crippen LogP contribution in [0.4, 0.5) is 0 Å². The van der Waals surface area contributed by atoms with Crippen LogP contribution in [0.3, 0.4) is 0 Å². The number of rotatable bonds is 4. The Morgan fingerprint density at radius 2 is 2.39 bits per heavy atom. The van der Waals surface area contributed by atoms with Gasteiger partial charge >= 0.3 is 0 Å². The van der Waals surface area contributed by atoms with Gasteiger partial charge in [0.1, 0.15) is 5.60 Å². The van der Waals surface area contributed by atoms with Crippen molar-refractivity contribution in [3.63, 3.8) is 0 Å². The van der Waals surface area contributed by atoms with Crippen molar-refractivity contribution in [3.8, 4) is 0 Å².